The van der Waals surface area contributed by atoms with Gasteiger partial charge in [-0.3, -0.25) is 0 Å². The number of hydrogen-bond acceptors (Lipinski definition) is 4. The molecule has 0 aliphatic carbocycles. The van der Waals surface area contributed by atoms with Gasteiger partial charge < -0.3 is 0 Å². The van der Waals surface area contributed by atoms with E-state index in [1.807, 2.05) is 0 Å². The zero-order valence-corrected chi connectivity index (χ0v) is 4.22. The van der Waals surface area contributed by atoms with Gasteiger partial charge in [0.2, 0.25) is 0 Å². The molecule has 0 spiro atoms. The van der Waals surface area contributed by atoms with E-state index in [0.29, 0.717) is 0 Å². The first-order valence-corrected chi connectivity index (χ1v) is 4.23. The molecule has 0 bridgehead atoms. The Kier molecular flexibility index (Phi) is 0.915. The van der Waals surface area contributed by atoms with Gasteiger partial charge in [0.1, 0.15) is 0 Å². The molecule has 0 heterocycles. The maximum atomic E-state index is 8.62. The molecular weight excluding hydrogens is 259 g/mol. The van der Waals surface area contributed by atoms with E-state index < -0.39 is 15.9 Å². The SMILES string of the molecule is [O]=[Pt](=[O])(=[O])=[O]. The summed E-state index contributed by atoms with van der Waals surface area (Å²) in [4.78, 5) is 0. The van der Waals surface area contributed by atoms with Crippen molar-refractivity contribution in [3.63, 3.8) is 0 Å². The van der Waals surface area contributed by atoms with Gasteiger partial charge in [0.15, 0.2) is 0 Å². The van der Waals surface area contributed by atoms with Crippen LogP contribution in [0.2, 0.25) is 0 Å². The first kappa shape index (κ1) is 4.89. The molecule has 0 saturated heterocycles. The first-order valence-electron chi connectivity index (χ1n) is 0.516. The molecule has 0 aromatic heterocycles. The van der Waals surface area contributed by atoms with Gasteiger partial charge in [0.25, 0.3) is 0 Å². The molecule has 4 nitrogen and oxygen atoms in total. The Morgan fingerprint density at radius 3 is 0.800 bits per heavy atom. The van der Waals surface area contributed by atoms with Crippen LogP contribution >= 0.6 is 0 Å². The van der Waals surface area contributed by atoms with Gasteiger partial charge in [0.05, 0.1) is 0 Å². The zero-order valence-electron chi connectivity index (χ0n) is 1.95. The summed E-state index contributed by atoms with van der Waals surface area (Å²) in [5.74, 6) is 0. The summed E-state index contributed by atoms with van der Waals surface area (Å²) in [6.07, 6.45) is 0. The molecule has 5 heteroatoms. The summed E-state index contributed by atoms with van der Waals surface area (Å²) >= 11 is -5.94. The summed E-state index contributed by atoms with van der Waals surface area (Å²) in [5.41, 5.74) is 0. The summed E-state index contributed by atoms with van der Waals surface area (Å²) in [6, 6.07) is 0. The van der Waals surface area contributed by atoms with E-state index in [2.05, 4.69) is 0 Å². The van der Waals surface area contributed by atoms with E-state index in [9.17, 15) is 0 Å². The third kappa shape index (κ3) is 1110. The van der Waals surface area contributed by atoms with Crippen LogP contribution in [0.15, 0.2) is 0 Å². The van der Waals surface area contributed by atoms with Crippen molar-refractivity contribution in [1.82, 2.24) is 0 Å². The van der Waals surface area contributed by atoms with Crippen LogP contribution in [-0.4, -0.2) is 0 Å². The Balaban J connectivity index is 6.05. The second-order valence-electron chi connectivity index (χ2n) is 0.316. The average Bonchev–Trinajstić information content (AvgIpc) is 0.722. The van der Waals surface area contributed by atoms with Crippen LogP contribution in [0.4, 0.5) is 0 Å². The van der Waals surface area contributed by atoms with Crippen molar-refractivity contribution in [2.75, 3.05) is 0 Å². The van der Waals surface area contributed by atoms with Gasteiger partial charge in [-0.15, -0.1) is 0 Å². The molecule has 0 rings (SSSR count). The molecule has 0 N–H and O–H groups in total. The normalized spacial score (nSPS) is 14.4. The van der Waals surface area contributed by atoms with E-state index in [1.165, 1.54) is 0 Å². The molecule has 0 atom stereocenters. The summed E-state index contributed by atoms with van der Waals surface area (Å²) in [6.45, 7) is 0. The molecule has 0 saturated carbocycles. The van der Waals surface area contributed by atoms with Crippen molar-refractivity contribution in [3.05, 3.63) is 0 Å². The second-order valence-corrected chi connectivity index (χ2v) is 2.59. The summed E-state index contributed by atoms with van der Waals surface area (Å²) in [5, 5.41) is 0. The Morgan fingerprint density at radius 1 is 0.800 bits per heavy atom. The predicted molar refractivity (Wildman–Crippen MR) is 2.75 cm³/mol. The zero-order chi connectivity index (χ0) is 4.50. The fourth-order valence-corrected chi connectivity index (χ4v) is 0. The number of hydrogen-bond donors (Lipinski definition) is 0. The van der Waals surface area contributed by atoms with Crippen molar-refractivity contribution in [2.24, 2.45) is 0 Å². The van der Waals surface area contributed by atoms with Crippen LogP contribution in [0, 0.1) is 0 Å². The molecule has 0 aromatic carbocycles. The summed E-state index contributed by atoms with van der Waals surface area (Å²) < 4.78 is 34.5. The van der Waals surface area contributed by atoms with Crippen LogP contribution in [0.1, 0.15) is 0 Å². The molecule has 0 aliphatic rings. The van der Waals surface area contributed by atoms with Crippen LogP contribution < -0.4 is 0 Å². The van der Waals surface area contributed by atoms with Crippen molar-refractivity contribution < 1.29 is 29.5 Å². The Bertz CT molecular complexity index is 155. The molecule has 5 heavy (non-hydrogen) atoms. The van der Waals surface area contributed by atoms with E-state index >= 15 is 0 Å². The minimum absolute atomic E-state index is 5.94. The topological polar surface area (TPSA) is 68.3 Å². The van der Waals surface area contributed by atoms with Crippen molar-refractivity contribution >= 4 is 0 Å². The minimum atomic E-state index is -5.94. The van der Waals surface area contributed by atoms with Gasteiger partial charge in [-0.2, -0.15) is 0 Å². The van der Waals surface area contributed by atoms with E-state index in [4.69, 9.17) is 13.6 Å². The molecule has 0 aromatic rings. The van der Waals surface area contributed by atoms with Crippen molar-refractivity contribution in [2.45, 2.75) is 0 Å². The van der Waals surface area contributed by atoms with Gasteiger partial charge in [-0.1, -0.05) is 0 Å². The van der Waals surface area contributed by atoms with E-state index in [0.717, 1.165) is 0 Å². The Morgan fingerprint density at radius 2 is 0.800 bits per heavy atom. The van der Waals surface area contributed by atoms with Crippen LogP contribution in [-0.2, 0) is 29.5 Å². The van der Waals surface area contributed by atoms with Crippen LogP contribution in [0.3, 0.4) is 0 Å². The molecule has 0 aliphatic heterocycles. The van der Waals surface area contributed by atoms with Gasteiger partial charge in [0, 0.05) is 0 Å². The van der Waals surface area contributed by atoms with Gasteiger partial charge in [-0.05, 0) is 0 Å². The first-order chi connectivity index (χ1) is 2.00. The average molecular weight is 259 g/mol. The Hall–Kier alpha value is -0.112. The fraction of sp³-hybridized carbons (Fsp3) is 0. The standard InChI is InChI=1S/4O.Pt. The Labute approximate surface area is 30.2 Å². The molecule has 0 fully saturated rings. The second kappa shape index (κ2) is 0.936. The third-order valence-electron chi connectivity index (χ3n) is 0. The third-order valence-corrected chi connectivity index (χ3v) is 0. The fourth-order valence-electron chi connectivity index (χ4n) is 0. The van der Waals surface area contributed by atoms with E-state index in [-0.39, 0.29) is 0 Å². The molecule has 0 amide bonds. The van der Waals surface area contributed by atoms with Gasteiger partial charge in [-0.25, -0.2) is 0 Å². The van der Waals surface area contributed by atoms with E-state index in [1.54, 1.807) is 0 Å². The predicted octanol–water partition coefficient (Wildman–Crippen LogP) is -0.478. The van der Waals surface area contributed by atoms with Crippen molar-refractivity contribution in [1.29, 1.82) is 0 Å². The summed E-state index contributed by atoms with van der Waals surface area (Å²) in [7, 11) is 0. The van der Waals surface area contributed by atoms with Crippen LogP contribution in [0.5, 0.6) is 0 Å². The van der Waals surface area contributed by atoms with Crippen LogP contribution in [0.25, 0.3) is 0 Å². The molecular formula is O4Pt. The quantitative estimate of drug-likeness (QED) is 0.589. The number of rotatable bonds is 0. The van der Waals surface area contributed by atoms with Crippen molar-refractivity contribution in [3.8, 4) is 0 Å². The molecule has 0 unspecified atom stereocenters. The monoisotopic (exact) mass is 259 g/mol. The van der Waals surface area contributed by atoms with Gasteiger partial charge >= 0.3 is 29.5 Å². The molecule has 34 valence electrons. The maximum absolute atomic E-state index is 8.62. The molecule has 0 radical (unpaired) electrons.